The molecule has 15 heavy (non-hydrogen) atoms. The molecule has 0 aromatic heterocycles. The minimum atomic E-state index is -5.03. The van der Waals surface area contributed by atoms with E-state index in [1.165, 1.54) is 13.8 Å². The van der Waals surface area contributed by atoms with Crippen LogP contribution in [-0.4, -0.2) is 17.3 Å². The van der Waals surface area contributed by atoms with E-state index in [0.29, 0.717) is 6.08 Å². The number of allylic oxidation sites excluding steroid dienone is 2. The van der Waals surface area contributed by atoms with Crippen molar-refractivity contribution in [2.24, 2.45) is 17.3 Å². The molecule has 0 spiro atoms. The summed E-state index contributed by atoms with van der Waals surface area (Å²) in [5.41, 5.74) is -0.811. The number of hydrogen-bond acceptors (Lipinski definition) is 1. The molecule has 0 heterocycles. The van der Waals surface area contributed by atoms with Crippen molar-refractivity contribution >= 4 is 5.97 Å². The molecular weight excluding hydrogens is 216 g/mol. The van der Waals surface area contributed by atoms with E-state index in [9.17, 15) is 22.4 Å². The number of carbonyl (C=O) groups is 1. The molecule has 6 heteroatoms. The molecule has 0 amide bonds. The Bertz CT molecular complexity index is 317. The van der Waals surface area contributed by atoms with Gasteiger partial charge in [0.05, 0.1) is 5.92 Å². The van der Waals surface area contributed by atoms with E-state index < -0.39 is 35.2 Å². The number of carboxylic acids is 1. The summed E-state index contributed by atoms with van der Waals surface area (Å²) in [6, 6.07) is 0. The fourth-order valence-corrected chi connectivity index (χ4v) is 1.71. The highest BCUT2D eigenvalue weighted by Crippen LogP contribution is 2.59. The lowest BCUT2D eigenvalue weighted by molar-refractivity contribution is -0.139. The van der Waals surface area contributed by atoms with Gasteiger partial charge in [-0.2, -0.15) is 13.2 Å². The van der Waals surface area contributed by atoms with E-state index in [-0.39, 0.29) is 0 Å². The molecule has 0 aromatic rings. The molecule has 1 saturated carbocycles. The van der Waals surface area contributed by atoms with Crippen molar-refractivity contribution in [1.29, 1.82) is 0 Å². The Balaban J connectivity index is 2.83. The lowest BCUT2D eigenvalue weighted by Gasteiger charge is -2.02. The molecular formula is C9H10F4O2. The molecule has 1 aliphatic carbocycles. The molecule has 2 nitrogen and oxygen atoms in total. The van der Waals surface area contributed by atoms with Crippen LogP contribution in [0.4, 0.5) is 17.6 Å². The van der Waals surface area contributed by atoms with Crippen molar-refractivity contribution in [3.63, 3.8) is 0 Å². The van der Waals surface area contributed by atoms with Gasteiger partial charge >= 0.3 is 12.1 Å². The summed E-state index contributed by atoms with van der Waals surface area (Å²) in [4.78, 5) is 10.6. The minimum Gasteiger partial charge on any atom is -0.481 e. The molecule has 1 fully saturated rings. The number of halogens is 4. The number of aliphatic carboxylic acids is 1. The molecule has 0 radical (unpaired) electrons. The number of hydrogen-bond donors (Lipinski definition) is 1. The zero-order valence-electron chi connectivity index (χ0n) is 8.10. The molecule has 0 aromatic carbocycles. The lowest BCUT2D eigenvalue weighted by atomic mass is 10.1. The van der Waals surface area contributed by atoms with Gasteiger partial charge in [-0.1, -0.05) is 13.8 Å². The van der Waals surface area contributed by atoms with E-state index in [1.807, 2.05) is 0 Å². The summed E-state index contributed by atoms with van der Waals surface area (Å²) in [6.45, 7) is 2.99. The number of rotatable bonds is 2. The Hall–Kier alpha value is -1.07. The lowest BCUT2D eigenvalue weighted by Crippen LogP contribution is -2.08. The molecule has 86 valence electrons. The van der Waals surface area contributed by atoms with Gasteiger partial charge in [0.15, 0.2) is 5.83 Å². The highest BCUT2D eigenvalue weighted by Gasteiger charge is 2.61. The highest BCUT2D eigenvalue weighted by atomic mass is 19.4. The second-order valence-corrected chi connectivity index (χ2v) is 4.18. The minimum absolute atomic E-state index is 0.360. The molecule has 1 rings (SSSR count). The third kappa shape index (κ3) is 2.13. The molecule has 1 aliphatic rings. The van der Waals surface area contributed by atoms with E-state index >= 15 is 0 Å². The Morgan fingerprint density at radius 2 is 1.87 bits per heavy atom. The first-order chi connectivity index (χ1) is 6.58. The third-order valence-electron chi connectivity index (χ3n) is 2.77. The fourth-order valence-electron chi connectivity index (χ4n) is 1.71. The second kappa shape index (κ2) is 3.21. The van der Waals surface area contributed by atoms with Crippen LogP contribution in [0, 0.1) is 17.3 Å². The van der Waals surface area contributed by atoms with Gasteiger partial charge in [0.25, 0.3) is 0 Å². The van der Waals surface area contributed by atoms with Gasteiger partial charge < -0.3 is 5.11 Å². The normalized spacial score (nSPS) is 30.1. The van der Waals surface area contributed by atoms with Crippen LogP contribution in [0.15, 0.2) is 11.9 Å². The molecule has 0 unspecified atom stereocenters. The monoisotopic (exact) mass is 226 g/mol. The maximum atomic E-state index is 12.5. The van der Waals surface area contributed by atoms with E-state index in [4.69, 9.17) is 5.11 Å². The predicted octanol–water partition coefficient (Wildman–Crippen LogP) is 2.76. The van der Waals surface area contributed by atoms with Crippen LogP contribution >= 0.6 is 0 Å². The molecule has 0 saturated heterocycles. The fraction of sp³-hybridized carbons (Fsp3) is 0.667. The number of carboxylic acid groups (broad SMARTS) is 1. The Kier molecular flexibility index (Phi) is 2.57. The molecule has 2 atom stereocenters. The summed E-state index contributed by atoms with van der Waals surface area (Å²) in [5, 5.41) is 8.64. The van der Waals surface area contributed by atoms with E-state index in [0.717, 1.165) is 0 Å². The van der Waals surface area contributed by atoms with Crippen LogP contribution in [-0.2, 0) is 4.79 Å². The highest BCUT2D eigenvalue weighted by molar-refractivity contribution is 5.76. The number of alkyl halides is 3. The van der Waals surface area contributed by atoms with Crippen LogP contribution < -0.4 is 0 Å². The first kappa shape index (κ1) is 12.0. The zero-order valence-corrected chi connectivity index (χ0v) is 8.10. The summed E-state index contributed by atoms with van der Waals surface area (Å²) in [6.07, 6.45) is -4.67. The average molecular weight is 226 g/mol. The topological polar surface area (TPSA) is 37.3 Å². The second-order valence-electron chi connectivity index (χ2n) is 4.18. The van der Waals surface area contributed by atoms with Gasteiger partial charge in [-0.05, 0) is 17.4 Å². The van der Waals surface area contributed by atoms with Crippen molar-refractivity contribution in [2.75, 3.05) is 0 Å². The first-order valence-corrected chi connectivity index (χ1v) is 4.26. The summed E-state index contributed by atoms with van der Waals surface area (Å²) >= 11 is 0. The van der Waals surface area contributed by atoms with E-state index in [1.54, 1.807) is 0 Å². The third-order valence-corrected chi connectivity index (χ3v) is 2.77. The standard InChI is InChI=1S/C9H10F4O2/c1-8(2)4(6(8)7(14)15)3-5(10)9(11,12)13/h3-4,6H,1-2H3,(H,14,15)/t4-,6-/m0/s1. The van der Waals surface area contributed by atoms with Gasteiger partial charge in [-0.25, -0.2) is 4.39 Å². The smallest absolute Gasteiger partial charge is 0.442 e. The van der Waals surface area contributed by atoms with Gasteiger partial charge in [0, 0.05) is 0 Å². The van der Waals surface area contributed by atoms with E-state index in [2.05, 4.69) is 0 Å². The Labute approximate surface area is 83.6 Å². The van der Waals surface area contributed by atoms with Crippen LogP contribution in [0.3, 0.4) is 0 Å². The van der Waals surface area contributed by atoms with Gasteiger partial charge in [-0.15, -0.1) is 0 Å². The van der Waals surface area contributed by atoms with Crippen molar-refractivity contribution in [3.05, 3.63) is 11.9 Å². The summed E-state index contributed by atoms with van der Waals surface area (Å²) < 4.78 is 48.0. The van der Waals surface area contributed by atoms with Gasteiger partial charge in [0.2, 0.25) is 0 Å². The average Bonchev–Trinajstić information content (AvgIpc) is 2.50. The molecule has 1 N–H and O–H groups in total. The summed E-state index contributed by atoms with van der Waals surface area (Å²) in [5.74, 6) is -5.25. The Morgan fingerprint density at radius 3 is 2.13 bits per heavy atom. The van der Waals surface area contributed by atoms with Crippen molar-refractivity contribution in [1.82, 2.24) is 0 Å². The zero-order chi connectivity index (χ0) is 12.0. The molecule has 0 aliphatic heterocycles. The maximum absolute atomic E-state index is 12.5. The van der Waals surface area contributed by atoms with Gasteiger partial charge in [0.1, 0.15) is 0 Å². The van der Waals surface area contributed by atoms with Gasteiger partial charge in [-0.3, -0.25) is 4.79 Å². The Morgan fingerprint density at radius 1 is 1.40 bits per heavy atom. The largest absolute Gasteiger partial charge is 0.481 e. The molecule has 0 bridgehead atoms. The first-order valence-electron chi connectivity index (χ1n) is 4.26. The van der Waals surface area contributed by atoms with Crippen LogP contribution in [0.5, 0.6) is 0 Å². The van der Waals surface area contributed by atoms with Crippen LogP contribution in [0.1, 0.15) is 13.8 Å². The quantitative estimate of drug-likeness (QED) is 0.735. The maximum Gasteiger partial charge on any atom is 0.442 e. The van der Waals surface area contributed by atoms with Crippen LogP contribution in [0.2, 0.25) is 0 Å². The summed E-state index contributed by atoms with van der Waals surface area (Å²) in [7, 11) is 0. The van der Waals surface area contributed by atoms with Crippen molar-refractivity contribution in [3.8, 4) is 0 Å². The van der Waals surface area contributed by atoms with Crippen molar-refractivity contribution < 1.29 is 27.5 Å². The predicted molar refractivity (Wildman–Crippen MR) is 43.6 cm³/mol. The van der Waals surface area contributed by atoms with Crippen LogP contribution in [0.25, 0.3) is 0 Å². The SMILES string of the molecule is CC1(C)[C@H](C(=O)O)[C@@H]1C=C(F)C(F)(F)F. The van der Waals surface area contributed by atoms with Crippen molar-refractivity contribution in [2.45, 2.75) is 20.0 Å².